The van der Waals surface area contributed by atoms with Gasteiger partial charge in [0.15, 0.2) is 0 Å². The molecule has 1 heterocycles. The molecule has 2 N–H and O–H groups in total. The smallest absolute Gasteiger partial charge is 0.248 e. The molecule has 0 saturated carbocycles. The highest BCUT2D eigenvalue weighted by Gasteiger charge is 2.31. The van der Waals surface area contributed by atoms with Crippen molar-refractivity contribution in [3.8, 4) is 0 Å². The normalized spacial score (nSPS) is 22.0. The van der Waals surface area contributed by atoms with Crippen LogP contribution in [0.2, 0.25) is 0 Å². The predicted molar refractivity (Wildman–Crippen MR) is 79.2 cm³/mol. The van der Waals surface area contributed by atoms with Gasteiger partial charge >= 0.3 is 0 Å². The summed E-state index contributed by atoms with van der Waals surface area (Å²) in [4.78, 5) is 25.2. The fourth-order valence-electron chi connectivity index (χ4n) is 2.60. The van der Waals surface area contributed by atoms with Gasteiger partial charge in [0.2, 0.25) is 11.8 Å². The molecule has 1 aliphatic heterocycles. The number of benzene rings is 1. The van der Waals surface area contributed by atoms with Gasteiger partial charge in [0.05, 0.1) is 12.5 Å². The number of hydrogen-bond donors (Lipinski definition) is 1. The number of nitrogens with zero attached hydrogens (tertiary/aromatic N) is 1. The number of likely N-dealkylation sites (tertiary alicyclic amines) is 1. The Morgan fingerprint density at radius 3 is 2.67 bits per heavy atom. The molecule has 0 unspecified atom stereocenters. The van der Waals surface area contributed by atoms with E-state index in [1.165, 1.54) is 0 Å². The van der Waals surface area contributed by atoms with E-state index in [4.69, 9.17) is 10.5 Å². The Kier molecular flexibility index (Phi) is 5.33. The molecule has 1 fully saturated rings. The van der Waals surface area contributed by atoms with E-state index in [1.54, 1.807) is 4.90 Å². The van der Waals surface area contributed by atoms with E-state index in [1.807, 2.05) is 37.3 Å². The summed E-state index contributed by atoms with van der Waals surface area (Å²) in [5.74, 6) is -0.645. The third-order valence-corrected chi connectivity index (χ3v) is 3.94. The SMILES string of the molecule is C[C@H]1CC[C@@H](C(N)=O)CN1C(=O)COCc1ccccc1. The molecular formula is C16H22N2O3. The first-order valence-electron chi connectivity index (χ1n) is 7.28. The summed E-state index contributed by atoms with van der Waals surface area (Å²) in [6.45, 7) is 2.84. The van der Waals surface area contributed by atoms with Gasteiger partial charge in [-0.05, 0) is 25.3 Å². The molecule has 2 rings (SSSR count). The van der Waals surface area contributed by atoms with Gasteiger partial charge in [-0.3, -0.25) is 9.59 Å². The Morgan fingerprint density at radius 2 is 2.00 bits per heavy atom. The Labute approximate surface area is 125 Å². The summed E-state index contributed by atoms with van der Waals surface area (Å²) in [6, 6.07) is 9.85. The van der Waals surface area contributed by atoms with Crippen LogP contribution in [0.4, 0.5) is 0 Å². The molecule has 5 nitrogen and oxygen atoms in total. The van der Waals surface area contributed by atoms with Gasteiger partial charge in [-0.15, -0.1) is 0 Å². The minimum absolute atomic E-state index is 0.0325. The van der Waals surface area contributed by atoms with E-state index in [-0.39, 0.29) is 30.4 Å². The summed E-state index contributed by atoms with van der Waals surface area (Å²) in [5.41, 5.74) is 6.38. The highest BCUT2D eigenvalue weighted by atomic mass is 16.5. The van der Waals surface area contributed by atoms with Gasteiger partial charge in [0.25, 0.3) is 0 Å². The summed E-state index contributed by atoms with van der Waals surface area (Å²) in [7, 11) is 0. The van der Waals surface area contributed by atoms with E-state index >= 15 is 0 Å². The third-order valence-electron chi connectivity index (χ3n) is 3.94. The van der Waals surface area contributed by atoms with Crippen LogP contribution in [0, 0.1) is 5.92 Å². The van der Waals surface area contributed by atoms with Gasteiger partial charge in [0, 0.05) is 12.6 Å². The van der Waals surface area contributed by atoms with Crippen molar-refractivity contribution in [2.75, 3.05) is 13.2 Å². The molecule has 1 aliphatic rings. The second kappa shape index (κ2) is 7.22. The Bertz CT molecular complexity index is 490. The number of amides is 2. The van der Waals surface area contributed by atoms with E-state index in [9.17, 15) is 9.59 Å². The molecule has 1 aromatic carbocycles. The quantitative estimate of drug-likeness (QED) is 0.888. The summed E-state index contributed by atoms with van der Waals surface area (Å²) < 4.78 is 5.47. The Balaban J connectivity index is 1.82. The van der Waals surface area contributed by atoms with E-state index in [0.29, 0.717) is 13.2 Å². The lowest BCUT2D eigenvalue weighted by atomic mass is 9.93. The number of carbonyl (C=O) groups is 2. The summed E-state index contributed by atoms with van der Waals surface area (Å²) >= 11 is 0. The molecule has 1 aromatic rings. The van der Waals surface area contributed by atoms with E-state index < -0.39 is 0 Å². The molecule has 114 valence electrons. The van der Waals surface area contributed by atoms with Gasteiger partial charge in [0.1, 0.15) is 6.61 Å². The van der Waals surface area contributed by atoms with Gasteiger partial charge in [-0.25, -0.2) is 0 Å². The minimum Gasteiger partial charge on any atom is -0.369 e. The largest absolute Gasteiger partial charge is 0.369 e. The van der Waals surface area contributed by atoms with Gasteiger partial charge in [-0.2, -0.15) is 0 Å². The highest BCUT2D eigenvalue weighted by Crippen LogP contribution is 2.21. The molecular weight excluding hydrogens is 268 g/mol. The van der Waals surface area contributed by atoms with Crippen molar-refractivity contribution in [1.82, 2.24) is 4.90 Å². The predicted octanol–water partition coefficient (Wildman–Crippen LogP) is 1.32. The van der Waals surface area contributed by atoms with Crippen LogP contribution in [0.1, 0.15) is 25.3 Å². The van der Waals surface area contributed by atoms with Crippen LogP contribution in [-0.4, -0.2) is 35.9 Å². The lowest BCUT2D eigenvalue weighted by molar-refractivity contribution is -0.142. The lowest BCUT2D eigenvalue weighted by Crippen LogP contribution is -2.49. The number of primary amides is 1. The average molecular weight is 290 g/mol. The zero-order valence-electron chi connectivity index (χ0n) is 12.3. The first-order chi connectivity index (χ1) is 10.1. The molecule has 21 heavy (non-hydrogen) atoms. The summed E-state index contributed by atoms with van der Waals surface area (Å²) in [6.07, 6.45) is 1.56. The molecule has 2 amide bonds. The van der Waals surface area contributed by atoms with Crippen LogP contribution in [0.5, 0.6) is 0 Å². The Hall–Kier alpha value is -1.88. The number of piperidine rings is 1. The van der Waals surface area contributed by atoms with Gasteiger partial charge < -0.3 is 15.4 Å². The van der Waals surface area contributed by atoms with Crippen LogP contribution >= 0.6 is 0 Å². The first kappa shape index (κ1) is 15.5. The van der Waals surface area contributed by atoms with Crippen LogP contribution < -0.4 is 5.73 Å². The highest BCUT2D eigenvalue weighted by molar-refractivity contribution is 5.81. The molecule has 5 heteroatoms. The fourth-order valence-corrected chi connectivity index (χ4v) is 2.60. The second-order valence-electron chi connectivity index (χ2n) is 5.55. The molecule has 0 radical (unpaired) electrons. The molecule has 0 spiro atoms. The van der Waals surface area contributed by atoms with Crippen LogP contribution in [0.15, 0.2) is 30.3 Å². The topological polar surface area (TPSA) is 72.6 Å². The third kappa shape index (κ3) is 4.29. The van der Waals surface area contributed by atoms with Crippen molar-refractivity contribution in [3.63, 3.8) is 0 Å². The minimum atomic E-state index is -0.329. The molecule has 2 atom stereocenters. The molecule has 0 aliphatic carbocycles. The maximum absolute atomic E-state index is 12.2. The molecule has 1 saturated heterocycles. The van der Waals surface area contributed by atoms with E-state index in [0.717, 1.165) is 18.4 Å². The van der Waals surface area contributed by atoms with Crippen molar-refractivity contribution in [2.24, 2.45) is 11.7 Å². The standard InChI is InChI=1S/C16H22N2O3/c1-12-7-8-14(16(17)20)9-18(12)15(19)11-21-10-13-5-3-2-4-6-13/h2-6,12,14H,7-11H2,1H3,(H2,17,20)/t12-,14+/m0/s1. The van der Waals surface area contributed by atoms with Crippen molar-refractivity contribution in [3.05, 3.63) is 35.9 Å². The number of carbonyl (C=O) groups excluding carboxylic acids is 2. The van der Waals surface area contributed by atoms with Crippen molar-refractivity contribution >= 4 is 11.8 Å². The zero-order valence-corrected chi connectivity index (χ0v) is 12.3. The number of hydrogen-bond acceptors (Lipinski definition) is 3. The first-order valence-corrected chi connectivity index (χ1v) is 7.28. The molecule has 0 aromatic heterocycles. The second-order valence-corrected chi connectivity index (χ2v) is 5.55. The van der Waals surface area contributed by atoms with Gasteiger partial charge in [-0.1, -0.05) is 30.3 Å². The molecule has 0 bridgehead atoms. The number of nitrogens with two attached hydrogens (primary N) is 1. The fraction of sp³-hybridized carbons (Fsp3) is 0.500. The maximum Gasteiger partial charge on any atom is 0.248 e. The lowest BCUT2D eigenvalue weighted by Gasteiger charge is -2.36. The monoisotopic (exact) mass is 290 g/mol. The number of ether oxygens (including phenoxy) is 1. The average Bonchev–Trinajstić information content (AvgIpc) is 2.48. The van der Waals surface area contributed by atoms with E-state index in [2.05, 4.69) is 0 Å². The van der Waals surface area contributed by atoms with Crippen LogP contribution in [0.25, 0.3) is 0 Å². The Morgan fingerprint density at radius 1 is 1.29 bits per heavy atom. The van der Waals surface area contributed by atoms with Crippen molar-refractivity contribution in [1.29, 1.82) is 0 Å². The zero-order chi connectivity index (χ0) is 15.2. The van der Waals surface area contributed by atoms with Crippen molar-refractivity contribution in [2.45, 2.75) is 32.4 Å². The van der Waals surface area contributed by atoms with Crippen LogP contribution in [0.3, 0.4) is 0 Å². The maximum atomic E-state index is 12.2. The van der Waals surface area contributed by atoms with Crippen molar-refractivity contribution < 1.29 is 14.3 Å². The van der Waals surface area contributed by atoms with Crippen LogP contribution in [-0.2, 0) is 20.9 Å². The number of rotatable bonds is 5. The summed E-state index contributed by atoms with van der Waals surface area (Å²) in [5, 5.41) is 0.